The topological polar surface area (TPSA) is 77.8 Å². The first-order chi connectivity index (χ1) is 6.99. The number of rotatable bonds is 5. The average Bonchev–Trinajstić information content (AvgIpc) is 2.13. The summed E-state index contributed by atoms with van der Waals surface area (Å²) in [6, 6.07) is 0. The van der Waals surface area contributed by atoms with Crippen LogP contribution in [0.15, 0.2) is 0 Å². The van der Waals surface area contributed by atoms with Crippen molar-refractivity contribution < 1.29 is 46.3 Å². The fourth-order valence-electron chi connectivity index (χ4n) is 0.651. The minimum atomic E-state index is -5.98. The molecule has 1 unspecified atom stereocenters. The SMILES string of the molecule is O=C(O)C(F)C(F)(F)[C@@](F)(C(=O)O)N(F)F. The quantitative estimate of drug-likeness (QED) is 0.433. The van der Waals surface area contributed by atoms with E-state index in [1.54, 1.807) is 0 Å². The Hall–Kier alpha value is -1.52. The average molecular weight is 255 g/mol. The maximum absolute atomic E-state index is 12.7. The summed E-state index contributed by atoms with van der Waals surface area (Å²) in [4.78, 5) is 19.7. The van der Waals surface area contributed by atoms with Crippen molar-refractivity contribution in [3.8, 4) is 0 Å². The molecule has 0 amide bonds. The maximum atomic E-state index is 12.7. The molecule has 0 bridgehead atoms. The highest BCUT2D eigenvalue weighted by Gasteiger charge is 2.73. The molecule has 0 aromatic rings. The van der Waals surface area contributed by atoms with Gasteiger partial charge in [-0.1, -0.05) is 8.96 Å². The summed E-state index contributed by atoms with van der Waals surface area (Å²) in [5.74, 6) is -18.2. The minimum absolute atomic E-state index is 2.98. The van der Waals surface area contributed by atoms with Crippen LogP contribution in [0.25, 0.3) is 0 Å². The van der Waals surface area contributed by atoms with Gasteiger partial charge in [-0.3, -0.25) is 0 Å². The van der Waals surface area contributed by atoms with Gasteiger partial charge in [0.05, 0.1) is 5.34 Å². The summed E-state index contributed by atoms with van der Waals surface area (Å²) in [7, 11) is 0. The van der Waals surface area contributed by atoms with Crippen molar-refractivity contribution in [1.29, 1.82) is 0 Å². The Labute approximate surface area is 82.7 Å². The third kappa shape index (κ3) is 1.89. The number of alkyl halides is 4. The largest absolute Gasteiger partial charge is 0.479 e. The van der Waals surface area contributed by atoms with Gasteiger partial charge in [-0.25, -0.2) is 18.4 Å². The zero-order valence-corrected chi connectivity index (χ0v) is 7.00. The van der Waals surface area contributed by atoms with Crippen LogP contribution in [0.2, 0.25) is 0 Å². The number of hydrogen-bond acceptors (Lipinski definition) is 3. The Bertz CT molecular complexity index is 309. The lowest BCUT2D eigenvalue weighted by molar-refractivity contribution is -0.344. The van der Waals surface area contributed by atoms with Crippen LogP contribution >= 0.6 is 0 Å². The highest BCUT2D eigenvalue weighted by atomic mass is 19.4. The summed E-state index contributed by atoms with van der Waals surface area (Å²) < 4.78 is 73.6. The van der Waals surface area contributed by atoms with E-state index in [-0.39, 0.29) is 0 Å². The van der Waals surface area contributed by atoms with Crippen LogP contribution in [0.4, 0.5) is 26.5 Å². The molecule has 0 fully saturated rings. The fourth-order valence-corrected chi connectivity index (χ4v) is 0.651. The number of hydrogen-bond donors (Lipinski definition) is 2. The lowest BCUT2D eigenvalue weighted by Crippen LogP contribution is -2.63. The summed E-state index contributed by atoms with van der Waals surface area (Å²) in [6.07, 6.45) is -4.44. The summed E-state index contributed by atoms with van der Waals surface area (Å²) in [6.45, 7) is 0. The molecule has 16 heavy (non-hydrogen) atoms. The number of halogens is 6. The van der Waals surface area contributed by atoms with Crippen molar-refractivity contribution in [1.82, 2.24) is 5.34 Å². The molecule has 0 radical (unpaired) electrons. The second-order valence-electron chi connectivity index (χ2n) is 2.48. The molecule has 0 aliphatic carbocycles. The van der Waals surface area contributed by atoms with Gasteiger partial charge in [0, 0.05) is 0 Å². The van der Waals surface area contributed by atoms with Crippen molar-refractivity contribution in [3.63, 3.8) is 0 Å². The van der Waals surface area contributed by atoms with Gasteiger partial charge in [-0.2, -0.15) is 8.78 Å². The Balaban J connectivity index is 5.54. The van der Waals surface area contributed by atoms with E-state index in [9.17, 15) is 36.1 Å². The monoisotopic (exact) mass is 255 g/mol. The van der Waals surface area contributed by atoms with E-state index in [4.69, 9.17) is 10.2 Å². The van der Waals surface area contributed by atoms with Crippen LogP contribution in [-0.4, -0.2) is 45.4 Å². The number of nitrogens with zero attached hydrogens (tertiary/aromatic N) is 1. The zero-order chi connectivity index (χ0) is 13.3. The standard InChI is InChI=1S/C5H3F6NO4/c6-1(2(13)14)4(7,8)5(9,3(15)16)12(10)11/h1H,(H,13,14)(H,15,16)/t1?,5-/m1/s1. The van der Waals surface area contributed by atoms with Crippen molar-refractivity contribution >= 4 is 11.9 Å². The van der Waals surface area contributed by atoms with Gasteiger partial charge in [0.25, 0.3) is 6.17 Å². The Morgan fingerprint density at radius 3 is 1.69 bits per heavy atom. The molecule has 5 nitrogen and oxygen atoms in total. The molecule has 0 aliphatic heterocycles. The molecule has 0 saturated heterocycles. The number of aliphatic carboxylic acids is 2. The van der Waals surface area contributed by atoms with E-state index in [2.05, 4.69) is 0 Å². The fraction of sp³-hybridized carbons (Fsp3) is 0.600. The van der Waals surface area contributed by atoms with E-state index in [1.807, 2.05) is 0 Å². The molecule has 11 heteroatoms. The van der Waals surface area contributed by atoms with E-state index in [0.29, 0.717) is 0 Å². The van der Waals surface area contributed by atoms with Crippen molar-refractivity contribution in [2.24, 2.45) is 0 Å². The number of carbonyl (C=O) groups is 2. The second kappa shape index (κ2) is 4.15. The van der Waals surface area contributed by atoms with E-state index in [1.165, 1.54) is 0 Å². The Kier molecular flexibility index (Phi) is 3.76. The van der Waals surface area contributed by atoms with Gasteiger partial charge in [-0.05, 0) is 0 Å². The predicted molar refractivity (Wildman–Crippen MR) is 33.0 cm³/mol. The molecule has 94 valence electrons. The first-order valence-electron chi connectivity index (χ1n) is 3.28. The molecular formula is C5H3F6NO4. The van der Waals surface area contributed by atoms with Crippen LogP contribution in [-0.2, 0) is 9.59 Å². The molecule has 2 N–H and O–H groups in total. The highest BCUT2D eigenvalue weighted by Crippen LogP contribution is 2.40. The zero-order valence-electron chi connectivity index (χ0n) is 7.00. The van der Waals surface area contributed by atoms with Gasteiger partial charge in [0.2, 0.25) is 0 Å². The van der Waals surface area contributed by atoms with Gasteiger partial charge in [0.1, 0.15) is 0 Å². The molecule has 0 aliphatic rings. The van der Waals surface area contributed by atoms with Gasteiger partial charge < -0.3 is 10.2 Å². The Morgan fingerprint density at radius 1 is 1.12 bits per heavy atom. The molecule has 2 atom stereocenters. The molecule has 0 rings (SSSR count). The van der Waals surface area contributed by atoms with Gasteiger partial charge in [0.15, 0.2) is 0 Å². The minimum Gasteiger partial charge on any atom is -0.479 e. The predicted octanol–water partition coefficient (Wildman–Crippen LogP) is 0.866. The highest BCUT2D eigenvalue weighted by molar-refractivity contribution is 5.81. The molecule has 0 heterocycles. The van der Waals surface area contributed by atoms with Crippen molar-refractivity contribution in [3.05, 3.63) is 0 Å². The molecular weight excluding hydrogens is 252 g/mol. The van der Waals surface area contributed by atoms with Gasteiger partial charge in [-0.15, -0.1) is 0 Å². The van der Waals surface area contributed by atoms with Crippen molar-refractivity contribution in [2.75, 3.05) is 0 Å². The third-order valence-electron chi connectivity index (χ3n) is 1.49. The first-order valence-corrected chi connectivity index (χ1v) is 3.28. The normalized spacial score (nSPS) is 17.9. The summed E-state index contributed by atoms with van der Waals surface area (Å²) in [5.41, 5.74) is 0. The Morgan fingerprint density at radius 2 is 1.50 bits per heavy atom. The molecule has 0 spiro atoms. The summed E-state index contributed by atoms with van der Waals surface area (Å²) in [5, 5.41) is 12.5. The lowest BCUT2D eigenvalue weighted by atomic mass is 10.0. The molecule has 0 saturated carbocycles. The number of carboxylic acids is 2. The van der Waals surface area contributed by atoms with Crippen LogP contribution in [0.3, 0.4) is 0 Å². The number of carboxylic acid groups (broad SMARTS) is 2. The van der Waals surface area contributed by atoms with Crippen LogP contribution in [0.5, 0.6) is 0 Å². The van der Waals surface area contributed by atoms with E-state index < -0.39 is 35.2 Å². The lowest BCUT2D eigenvalue weighted by Gasteiger charge is -2.29. The van der Waals surface area contributed by atoms with Crippen molar-refractivity contribution in [2.45, 2.75) is 17.9 Å². The van der Waals surface area contributed by atoms with E-state index >= 15 is 0 Å². The first kappa shape index (κ1) is 14.5. The van der Waals surface area contributed by atoms with Crippen LogP contribution in [0, 0.1) is 0 Å². The van der Waals surface area contributed by atoms with Crippen LogP contribution < -0.4 is 0 Å². The third-order valence-corrected chi connectivity index (χ3v) is 1.49. The summed E-state index contributed by atoms with van der Waals surface area (Å²) >= 11 is 0. The smallest absolute Gasteiger partial charge is 0.382 e. The van der Waals surface area contributed by atoms with E-state index in [0.717, 1.165) is 0 Å². The maximum Gasteiger partial charge on any atom is 0.382 e. The molecule has 0 aromatic carbocycles. The van der Waals surface area contributed by atoms with Crippen LogP contribution in [0.1, 0.15) is 0 Å². The van der Waals surface area contributed by atoms with Gasteiger partial charge >= 0.3 is 23.7 Å². The molecule has 0 aromatic heterocycles. The second-order valence-corrected chi connectivity index (χ2v) is 2.48.